The lowest BCUT2D eigenvalue weighted by Gasteiger charge is -2.33. The molecule has 0 saturated carbocycles. The van der Waals surface area contributed by atoms with Gasteiger partial charge in [0.15, 0.2) is 4.90 Å². The second kappa shape index (κ2) is 6.36. The fourth-order valence-corrected chi connectivity index (χ4v) is 4.24. The van der Waals surface area contributed by atoms with Gasteiger partial charge in [0.05, 0.1) is 12.8 Å². The molecule has 2 aliphatic heterocycles. The quantitative estimate of drug-likeness (QED) is 0.813. The molecule has 0 atom stereocenters. The van der Waals surface area contributed by atoms with Crippen LogP contribution in [0.1, 0.15) is 13.3 Å². The first-order valence-electron chi connectivity index (χ1n) is 7.75. The summed E-state index contributed by atoms with van der Waals surface area (Å²) in [5, 5.41) is 6.82. The van der Waals surface area contributed by atoms with Crippen molar-refractivity contribution in [3.63, 3.8) is 0 Å². The van der Waals surface area contributed by atoms with Crippen LogP contribution in [0.4, 0.5) is 4.79 Å². The number of aromatic nitrogens is 2. The normalized spacial score (nSPS) is 19.1. The predicted octanol–water partition coefficient (Wildman–Crippen LogP) is -0.299. The minimum absolute atomic E-state index is 0.114. The molecule has 1 N–H and O–H groups in total. The SMILES string of the molecule is CCNC(=O)N1CCN(S(=O)(=O)c2cnn3c2OCCC3)CC1. The minimum Gasteiger partial charge on any atom is -0.477 e. The molecule has 128 valence electrons. The van der Waals surface area contributed by atoms with Gasteiger partial charge in [0.1, 0.15) is 0 Å². The number of amides is 2. The van der Waals surface area contributed by atoms with Crippen molar-refractivity contribution >= 4 is 16.1 Å². The third-order valence-electron chi connectivity index (χ3n) is 3.98. The molecule has 0 aromatic carbocycles. The zero-order chi connectivity index (χ0) is 16.4. The Labute approximate surface area is 135 Å². The van der Waals surface area contributed by atoms with E-state index in [1.54, 1.807) is 9.58 Å². The van der Waals surface area contributed by atoms with E-state index in [4.69, 9.17) is 4.74 Å². The van der Waals surface area contributed by atoms with E-state index in [2.05, 4.69) is 10.4 Å². The molecular formula is C13H21N5O4S. The molecule has 2 amide bonds. The lowest BCUT2D eigenvalue weighted by molar-refractivity contribution is 0.172. The Hall–Kier alpha value is -1.81. The topological polar surface area (TPSA) is 96.8 Å². The molecule has 1 aromatic rings. The van der Waals surface area contributed by atoms with Gasteiger partial charge in [0, 0.05) is 45.7 Å². The van der Waals surface area contributed by atoms with Crippen molar-refractivity contribution in [2.24, 2.45) is 0 Å². The van der Waals surface area contributed by atoms with Crippen LogP contribution >= 0.6 is 0 Å². The van der Waals surface area contributed by atoms with Crippen molar-refractivity contribution in [3.05, 3.63) is 6.20 Å². The van der Waals surface area contributed by atoms with E-state index < -0.39 is 10.0 Å². The monoisotopic (exact) mass is 343 g/mol. The van der Waals surface area contributed by atoms with Gasteiger partial charge >= 0.3 is 6.03 Å². The highest BCUT2D eigenvalue weighted by molar-refractivity contribution is 7.89. The number of rotatable bonds is 3. The van der Waals surface area contributed by atoms with E-state index >= 15 is 0 Å². The third-order valence-corrected chi connectivity index (χ3v) is 5.87. The summed E-state index contributed by atoms with van der Waals surface area (Å²) in [6.45, 7) is 4.84. The number of hydrogen-bond acceptors (Lipinski definition) is 5. The third kappa shape index (κ3) is 3.00. The first-order chi connectivity index (χ1) is 11.0. The van der Waals surface area contributed by atoms with Gasteiger partial charge in [-0.3, -0.25) is 0 Å². The van der Waals surface area contributed by atoms with Gasteiger partial charge in [-0.2, -0.15) is 9.40 Å². The van der Waals surface area contributed by atoms with Gasteiger partial charge in [0.2, 0.25) is 15.9 Å². The van der Waals surface area contributed by atoms with E-state index in [-0.39, 0.29) is 24.0 Å². The zero-order valence-electron chi connectivity index (χ0n) is 13.1. The maximum atomic E-state index is 12.8. The number of urea groups is 1. The summed E-state index contributed by atoms with van der Waals surface area (Å²) in [4.78, 5) is 13.5. The molecule has 9 nitrogen and oxygen atoms in total. The average Bonchev–Trinajstić information content (AvgIpc) is 3.00. The number of fused-ring (bicyclic) bond motifs is 1. The Balaban J connectivity index is 1.72. The van der Waals surface area contributed by atoms with Crippen molar-refractivity contribution in [1.29, 1.82) is 0 Å². The fraction of sp³-hybridized carbons (Fsp3) is 0.692. The Morgan fingerprint density at radius 1 is 1.30 bits per heavy atom. The van der Waals surface area contributed by atoms with E-state index in [9.17, 15) is 13.2 Å². The van der Waals surface area contributed by atoms with Crippen molar-refractivity contribution < 1.29 is 17.9 Å². The Kier molecular flexibility index (Phi) is 4.44. The van der Waals surface area contributed by atoms with Crippen LogP contribution in [0, 0.1) is 0 Å². The number of nitrogens with one attached hydrogen (secondary N) is 1. The zero-order valence-corrected chi connectivity index (χ0v) is 13.9. The Morgan fingerprint density at radius 2 is 2.04 bits per heavy atom. The summed E-state index contributed by atoms with van der Waals surface area (Å²) in [7, 11) is -3.65. The van der Waals surface area contributed by atoms with Gasteiger partial charge in [-0.1, -0.05) is 0 Å². The van der Waals surface area contributed by atoms with Crippen LogP contribution in [0.3, 0.4) is 0 Å². The van der Waals surface area contributed by atoms with Crippen LogP contribution in [0.15, 0.2) is 11.1 Å². The standard InChI is InChI=1S/C13H21N5O4S/c1-2-14-13(19)16-5-7-17(8-6-16)23(20,21)11-10-15-18-4-3-9-22-12(11)18/h10H,2-9H2,1H3,(H,14,19). The van der Waals surface area contributed by atoms with E-state index in [1.165, 1.54) is 10.5 Å². The highest BCUT2D eigenvalue weighted by atomic mass is 32.2. The number of piperazine rings is 1. The van der Waals surface area contributed by atoms with Crippen LogP contribution in [0.2, 0.25) is 0 Å². The average molecular weight is 343 g/mol. The van der Waals surface area contributed by atoms with Gasteiger partial charge in [0.25, 0.3) is 0 Å². The second-order valence-corrected chi connectivity index (χ2v) is 7.37. The molecule has 23 heavy (non-hydrogen) atoms. The van der Waals surface area contributed by atoms with Crippen molar-refractivity contribution in [2.45, 2.75) is 24.8 Å². The summed E-state index contributed by atoms with van der Waals surface area (Å²) in [5.74, 6) is 0.322. The molecule has 10 heteroatoms. The summed E-state index contributed by atoms with van der Waals surface area (Å²) in [6, 6.07) is -0.157. The molecule has 2 aliphatic rings. The molecule has 0 radical (unpaired) electrons. The summed E-state index contributed by atoms with van der Waals surface area (Å²) < 4.78 is 34.0. The predicted molar refractivity (Wildman–Crippen MR) is 81.7 cm³/mol. The number of carbonyl (C=O) groups excluding carboxylic acids is 1. The molecular weight excluding hydrogens is 322 g/mol. The highest BCUT2D eigenvalue weighted by Gasteiger charge is 2.34. The van der Waals surface area contributed by atoms with Gasteiger partial charge in [-0.05, 0) is 6.92 Å². The van der Waals surface area contributed by atoms with Gasteiger partial charge in [-0.25, -0.2) is 17.9 Å². The molecule has 1 aromatic heterocycles. The maximum Gasteiger partial charge on any atom is 0.317 e. The molecule has 0 bridgehead atoms. The maximum absolute atomic E-state index is 12.8. The van der Waals surface area contributed by atoms with Crippen LogP contribution in [-0.4, -0.2) is 72.8 Å². The lowest BCUT2D eigenvalue weighted by Crippen LogP contribution is -2.53. The fourth-order valence-electron chi connectivity index (χ4n) is 2.76. The van der Waals surface area contributed by atoms with Gasteiger partial charge in [-0.15, -0.1) is 0 Å². The minimum atomic E-state index is -3.65. The van der Waals surface area contributed by atoms with E-state index in [1.807, 2.05) is 6.92 Å². The molecule has 0 spiro atoms. The molecule has 1 fully saturated rings. The number of ether oxygens (including phenoxy) is 1. The Bertz CT molecular complexity index is 679. The summed E-state index contributed by atoms with van der Waals surface area (Å²) >= 11 is 0. The number of aryl methyl sites for hydroxylation is 1. The van der Waals surface area contributed by atoms with Crippen molar-refractivity contribution in [3.8, 4) is 5.88 Å². The largest absolute Gasteiger partial charge is 0.477 e. The first-order valence-corrected chi connectivity index (χ1v) is 9.19. The number of hydrogen-bond donors (Lipinski definition) is 1. The lowest BCUT2D eigenvalue weighted by atomic mass is 10.4. The van der Waals surface area contributed by atoms with Crippen molar-refractivity contribution in [1.82, 2.24) is 24.3 Å². The smallest absolute Gasteiger partial charge is 0.317 e. The highest BCUT2D eigenvalue weighted by Crippen LogP contribution is 2.29. The van der Waals surface area contributed by atoms with Crippen LogP contribution in [0.5, 0.6) is 5.88 Å². The molecule has 0 aliphatic carbocycles. The van der Waals surface area contributed by atoms with Crippen LogP contribution in [0.25, 0.3) is 0 Å². The van der Waals surface area contributed by atoms with Crippen LogP contribution < -0.4 is 10.1 Å². The van der Waals surface area contributed by atoms with E-state index in [0.29, 0.717) is 38.7 Å². The summed E-state index contributed by atoms with van der Waals surface area (Å²) in [5.41, 5.74) is 0. The second-order valence-electron chi connectivity index (χ2n) is 5.47. The molecule has 3 heterocycles. The summed E-state index contributed by atoms with van der Waals surface area (Å²) in [6.07, 6.45) is 2.17. The molecule has 3 rings (SSSR count). The van der Waals surface area contributed by atoms with Crippen molar-refractivity contribution in [2.75, 3.05) is 39.3 Å². The molecule has 0 unspecified atom stereocenters. The first kappa shape index (κ1) is 16.1. The molecule has 1 saturated heterocycles. The number of sulfonamides is 1. The number of carbonyl (C=O) groups is 1. The Morgan fingerprint density at radius 3 is 2.74 bits per heavy atom. The number of nitrogens with zero attached hydrogens (tertiary/aromatic N) is 4. The van der Waals surface area contributed by atoms with E-state index in [0.717, 1.165) is 6.42 Å². The van der Waals surface area contributed by atoms with Gasteiger partial charge < -0.3 is 15.0 Å². The van der Waals surface area contributed by atoms with Crippen LogP contribution in [-0.2, 0) is 16.6 Å².